The SMILES string of the molecule is CC(NC(=NCC(=O)N(C)C)NCCc1ccccc1)c1ccc(F)cc1F.I. The first-order valence-corrected chi connectivity index (χ1v) is 9.10. The van der Waals surface area contributed by atoms with Gasteiger partial charge in [0.1, 0.15) is 18.2 Å². The summed E-state index contributed by atoms with van der Waals surface area (Å²) in [6, 6.07) is 12.9. The van der Waals surface area contributed by atoms with E-state index in [-0.39, 0.29) is 36.4 Å². The highest BCUT2D eigenvalue weighted by Gasteiger charge is 2.14. The van der Waals surface area contributed by atoms with E-state index in [4.69, 9.17) is 0 Å². The van der Waals surface area contributed by atoms with Gasteiger partial charge in [-0.25, -0.2) is 13.8 Å². The van der Waals surface area contributed by atoms with Crippen molar-refractivity contribution in [3.8, 4) is 0 Å². The number of hydrogen-bond donors (Lipinski definition) is 2. The highest BCUT2D eigenvalue weighted by atomic mass is 127. The van der Waals surface area contributed by atoms with E-state index >= 15 is 0 Å². The third-order valence-electron chi connectivity index (χ3n) is 4.20. The molecular weight excluding hydrogens is 489 g/mol. The van der Waals surface area contributed by atoms with Gasteiger partial charge < -0.3 is 15.5 Å². The number of guanidine groups is 1. The van der Waals surface area contributed by atoms with Gasteiger partial charge in [0, 0.05) is 32.3 Å². The zero-order valence-corrected chi connectivity index (χ0v) is 19.1. The van der Waals surface area contributed by atoms with Crippen LogP contribution in [-0.2, 0) is 11.2 Å². The Hall–Kier alpha value is -2.23. The topological polar surface area (TPSA) is 56.7 Å². The minimum Gasteiger partial charge on any atom is -0.356 e. The van der Waals surface area contributed by atoms with Gasteiger partial charge in [-0.1, -0.05) is 36.4 Å². The molecular formula is C21H27F2IN4O. The summed E-state index contributed by atoms with van der Waals surface area (Å²) in [4.78, 5) is 17.6. The van der Waals surface area contributed by atoms with Crippen LogP contribution in [0, 0.1) is 11.6 Å². The Kier molecular flexibility index (Phi) is 10.6. The first-order valence-electron chi connectivity index (χ1n) is 9.10. The summed E-state index contributed by atoms with van der Waals surface area (Å²) in [7, 11) is 3.31. The standard InChI is InChI=1S/C21H26F2N4O.HI/c1-15(18-10-9-17(22)13-19(18)23)26-21(25-14-20(28)27(2)3)24-12-11-16-7-5-4-6-8-16;/h4-10,13,15H,11-12,14H2,1-3H3,(H2,24,25,26);1H. The molecule has 1 amide bonds. The van der Waals surface area contributed by atoms with Gasteiger partial charge >= 0.3 is 0 Å². The normalized spacial score (nSPS) is 12.0. The fourth-order valence-corrected chi connectivity index (χ4v) is 2.55. The number of benzene rings is 2. The van der Waals surface area contributed by atoms with Crippen molar-refractivity contribution in [2.24, 2.45) is 4.99 Å². The molecule has 2 rings (SSSR count). The van der Waals surface area contributed by atoms with Crippen LogP contribution in [0.5, 0.6) is 0 Å². The molecule has 158 valence electrons. The highest BCUT2D eigenvalue weighted by Crippen LogP contribution is 2.17. The number of hydrogen-bond acceptors (Lipinski definition) is 2. The van der Waals surface area contributed by atoms with Gasteiger partial charge in [-0.2, -0.15) is 0 Å². The van der Waals surface area contributed by atoms with Crippen molar-refractivity contribution in [3.05, 3.63) is 71.3 Å². The van der Waals surface area contributed by atoms with Crippen molar-refractivity contribution < 1.29 is 13.6 Å². The van der Waals surface area contributed by atoms with Gasteiger partial charge in [-0.05, 0) is 25.0 Å². The predicted molar refractivity (Wildman–Crippen MR) is 122 cm³/mol. The van der Waals surface area contributed by atoms with Crippen LogP contribution in [0.3, 0.4) is 0 Å². The Balaban J connectivity index is 0.00000420. The number of rotatable bonds is 7. The zero-order valence-electron chi connectivity index (χ0n) is 16.8. The van der Waals surface area contributed by atoms with Crippen LogP contribution < -0.4 is 10.6 Å². The van der Waals surface area contributed by atoms with Crippen LogP contribution in [0.2, 0.25) is 0 Å². The highest BCUT2D eigenvalue weighted by molar-refractivity contribution is 14.0. The lowest BCUT2D eigenvalue weighted by Gasteiger charge is -2.19. The maximum atomic E-state index is 14.0. The smallest absolute Gasteiger partial charge is 0.243 e. The minimum absolute atomic E-state index is 0. The number of carbonyl (C=O) groups is 1. The monoisotopic (exact) mass is 516 g/mol. The van der Waals surface area contributed by atoms with Gasteiger partial charge in [0.15, 0.2) is 5.96 Å². The van der Waals surface area contributed by atoms with E-state index < -0.39 is 17.7 Å². The quantitative estimate of drug-likeness (QED) is 0.337. The minimum atomic E-state index is -0.631. The molecule has 0 radical (unpaired) electrons. The van der Waals surface area contributed by atoms with Crippen LogP contribution >= 0.6 is 24.0 Å². The molecule has 0 bridgehead atoms. The van der Waals surface area contributed by atoms with Crippen LogP contribution in [0.4, 0.5) is 8.78 Å². The third-order valence-corrected chi connectivity index (χ3v) is 4.20. The molecule has 8 heteroatoms. The molecule has 1 unspecified atom stereocenters. The van der Waals surface area contributed by atoms with Crippen molar-refractivity contribution >= 4 is 35.8 Å². The van der Waals surface area contributed by atoms with Crippen molar-refractivity contribution in [2.75, 3.05) is 27.2 Å². The van der Waals surface area contributed by atoms with Crippen LogP contribution in [0.15, 0.2) is 53.5 Å². The maximum absolute atomic E-state index is 14.0. The molecule has 0 saturated carbocycles. The van der Waals surface area contributed by atoms with Crippen LogP contribution in [0.1, 0.15) is 24.1 Å². The molecule has 0 spiro atoms. The van der Waals surface area contributed by atoms with E-state index in [0.29, 0.717) is 18.1 Å². The van der Waals surface area contributed by atoms with Gasteiger partial charge in [-0.3, -0.25) is 4.79 Å². The molecule has 2 N–H and O–H groups in total. The average Bonchev–Trinajstić information content (AvgIpc) is 2.66. The van der Waals surface area contributed by atoms with Gasteiger partial charge in [0.25, 0.3) is 0 Å². The lowest BCUT2D eigenvalue weighted by Crippen LogP contribution is -2.41. The lowest BCUT2D eigenvalue weighted by molar-refractivity contribution is -0.127. The van der Waals surface area contributed by atoms with Gasteiger partial charge in [0.2, 0.25) is 5.91 Å². The number of aliphatic imine (C=N–C) groups is 1. The molecule has 2 aromatic carbocycles. The first kappa shape index (κ1) is 24.8. The number of amides is 1. The Morgan fingerprint density at radius 1 is 1.14 bits per heavy atom. The van der Waals surface area contributed by atoms with E-state index in [0.717, 1.165) is 18.1 Å². The largest absolute Gasteiger partial charge is 0.356 e. The van der Waals surface area contributed by atoms with Crippen molar-refractivity contribution in [2.45, 2.75) is 19.4 Å². The molecule has 0 fully saturated rings. The van der Waals surface area contributed by atoms with Crippen molar-refractivity contribution in [3.63, 3.8) is 0 Å². The third kappa shape index (κ3) is 8.35. The summed E-state index contributed by atoms with van der Waals surface area (Å²) >= 11 is 0. The van der Waals surface area contributed by atoms with Crippen molar-refractivity contribution in [1.82, 2.24) is 15.5 Å². The van der Waals surface area contributed by atoms with Gasteiger partial charge in [0.05, 0.1) is 6.04 Å². The Morgan fingerprint density at radius 3 is 2.45 bits per heavy atom. The van der Waals surface area contributed by atoms with E-state index in [1.54, 1.807) is 21.0 Å². The fourth-order valence-electron chi connectivity index (χ4n) is 2.55. The fraction of sp³-hybridized carbons (Fsp3) is 0.333. The number of nitrogens with one attached hydrogen (secondary N) is 2. The number of carbonyl (C=O) groups excluding carboxylic acids is 1. The van der Waals surface area contributed by atoms with Crippen LogP contribution in [-0.4, -0.2) is 44.0 Å². The van der Waals surface area contributed by atoms with Crippen molar-refractivity contribution in [1.29, 1.82) is 0 Å². The summed E-state index contributed by atoms with van der Waals surface area (Å²) in [6.45, 7) is 2.30. The summed E-state index contributed by atoms with van der Waals surface area (Å²) in [5.74, 6) is -1.01. The number of halogens is 3. The molecule has 0 heterocycles. The first-order chi connectivity index (χ1) is 13.4. The summed E-state index contributed by atoms with van der Waals surface area (Å²) in [5.41, 5.74) is 1.48. The second kappa shape index (κ2) is 12.4. The summed E-state index contributed by atoms with van der Waals surface area (Å²) < 4.78 is 27.2. The van der Waals surface area contributed by atoms with E-state index in [9.17, 15) is 13.6 Å². The average molecular weight is 516 g/mol. The second-order valence-electron chi connectivity index (χ2n) is 6.65. The zero-order chi connectivity index (χ0) is 20.5. The molecule has 0 aliphatic rings. The molecule has 2 aromatic rings. The molecule has 29 heavy (non-hydrogen) atoms. The van der Waals surface area contributed by atoms with E-state index in [1.807, 2.05) is 30.3 Å². The van der Waals surface area contributed by atoms with E-state index in [1.165, 1.54) is 17.0 Å². The lowest BCUT2D eigenvalue weighted by atomic mass is 10.1. The summed E-state index contributed by atoms with van der Waals surface area (Å²) in [5, 5.41) is 6.25. The number of likely N-dealkylation sites (N-methyl/N-ethyl adjacent to an activating group) is 1. The van der Waals surface area contributed by atoms with Gasteiger partial charge in [-0.15, -0.1) is 24.0 Å². The predicted octanol–water partition coefficient (Wildman–Crippen LogP) is 3.51. The Labute approximate surface area is 187 Å². The molecule has 1 atom stereocenters. The molecule has 5 nitrogen and oxygen atoms in total. The molecule has 0 saturated heterocycles. The Bertz CT molecular complexity index is 816. The Morgan fingerprint density at radius 2 is 1.83 bits per heavy atom. The van der Waals surface area contributed by atoms with Crippen LogP contribution in [0.25, 0.3) is 0 Å². The summed E-state index contributed by atoms with van der Waals surface area (Å²) in [6.07, 6.45) is 0.766. The second-order valence-corrected chi connectivity index (χ2v) is 6.65. The number of nitrogens with zero attached hydrogens (tertiary/aromatic N) is 2. The maximum Gasteiger partial charge on any atom is 0.243 e. The molecule has 0 aromatic heterocycles. The van der Waals surface area contributed by atoms with E-state index in [2.05, 4.69) is 15.6 Å². The molecule has 0 aliphatic carbocycles. The molecule has 0 aliphatic heterocycles.